The zero-order chi connectivity index (χ0) is 18.6. The molecule has 0 unspecified atom stereocenters. The summed E-state index contributed by atoms with van der Waals surface area (Å²) in [4.78, 5) is 28.7. The predicted octanol–water partition coefficient (Wildman–Crippen LogP) is 2.84. The Morgan fingerprint density at radius 2 is 1.59 bits per heavy atom. The highest BCUT2D eigenvalue weighted by molar-refractivity contribution is 5.74. The van der Waals surface area contributed by atoms with Crippen LogP contribution in [-0.2, 0) is 6.54 Å². The van der Waals surface area contributed by atoms with E-state index in [1.54, 1.807) is 16.8 Å². The molecule has 6 nitrogen and oxygen atoms in total. The molecule has 2 aliphatic heterocycles. The Labute approximate surface area is 159 Å². The van der Waals surface area contributed by atoms with Gasteiger partial charge in [-0.3, -0.25) is 4.79 Å². The summed E-state index contributed by atoms with van der Waals surface area (Å²) in [5.41, 5.74) is 1.76. The summed E-state index contributed by atoms with van der Waals surface area (Å²) in [7, 11) is 0. The third kappa shape index (κ3) is 4.04. The molecular weight excluding hydrogens is 340 g/mol. The van der Waals surface area contributed by atoms with Crippen LogP contribution < -0.4 is 5.56 Å². The second-order valence-electron chi connectivity index (χ2n) is 7.51. The maximum atomic E-state index is 12.5. The first-order valence-electron chi connectivity index (χ1n) is 9.88. The maximum Gasteiger partial charge on any atom is 0.319 e. The fourth-order valence-electron chi connectivity index (χ4n) is 4.00. The van der Waals surface area contributed by atoms with E-state index >= 15 is 0 Å². The van der Waals surface area contributed by atoms with Crippen molar-refractivity contribution in [3.8, 4) is 11.3 Å². The summed E-state index contributed by atoms with van der Waals surface area (Å²) >= 11 is 0. The van der Waals surface area contributed by atoms with Gasteiger partial charge in [0.15, 0.2) is 0 Å². The summed E-state index contributed by atoms with van der Waals surface area (Å²) in [5, 5.41) is 4.57. The molecule has 0 aliphatic carbocycles. The van der Waals surface area contributed by atoms with E-state index in [0.29, 0.717) is 12.5 Å². The van der Waals surface area contributed by atoms with Crippen molar-refractivity contribution in [3.05, 3.63) is 52.8 Å². The molecule has 0 atom stereocenters. The summed E-state index contributed by atoms with van der Waals surface area (Å²) in [5.74, 6) is 0.379. The second-order valence-corrected chi connectivity index (χ2v) is 7.51. The monoisotopic (exact) mass is 366 g/mol. The minimum absolute atomic E-state index is 0.0646. The third-order valence-electron chi connectivity index (χ3n) is 5.63. The lowest BCUT2D eigenvalue weighted by Gasteiger charge is -2.34. The van der Waals surface area contributed by atoms with Crippen LogP contribution in [0.4, 0.5) is 4.79 Å². The topological polar surface area (TPSA) is 58.4 Å². The number of urea groups is 1. The number of likely N-dealkylation sites (tertiary alicyclic amines) is 2. The minimum atomic E-state index is -0.0646. The lowest BCUT2D eigenvalue weighted by molar-refractivity contribution is 0.135. The van der Waals surface area contributed by atoms with Crippen molar-refractivity contribution in [1.82, 2.24) is 19.6 Å². The highest BCUT2D eigenvalue weighted by atomic mass is 16.2. The molecule has 1 aromatic carbocycles. The van der Waals surface area contributed by atoms with Gasteiger partial charge in [0, 0.05) is 44.4 Å². The molecule has 4 rings (SSSR count). The van der Waals surface area contributed by atoms with E-state index < -0.39 is 0 Å². The van der Waals surface area contributed by atoms with Gasteiger partial charge in [-0.15, -0.1) is 0 Å². The largest absolute Gasteiger partial charge is 0.325 e. The fourth-order valence-corrected chi connectivity index (χ4v) is 4.00. The summed E-state index contributed by atoms with van der Waals surface area (Å²) in [6, 6.07) is 13.5. The highest BCUT2D eigenvalue weighted by Crippen LogP contribution is 2.21. The van der Waals surface area contributed by atoms with Crippen molar-refractivity contribution < 1.29 is 4.79 Å². The fraction of sp³-hybridized carbons (Fsp3) is 0.476. The summed E-state index contributed by atoms with van der Waals surface area (Å²) in [6.45, 7) is 3.94. The number of hydrogen-bond donors (Lipinski definition) is 0. The molecule has 0 radical (unpaired) electrons. The Morgan fingerprint density at radius 1 is 0.926 bits per heavy atom. The molecule has 0 spiro atoms. The predicted molar refractivity (Wildman–Crippen MR) is 104 cm³/mol. The average Bonchev–Trinajstić information content (AvgIpc) is 3.25. The number of amides is 2. The molecule has 0 N–H and O–H groups in total. The van der Waals surface area contributed by atoms with Crippen molar-refractivity contribution in [1.29, 1.82) is 0 Å². The first-order chi connectivity index (χ1) is 13.2. The molecule has 6 heteroatoms. The van der Waals surface area contributed by atoms with Crippen molar-refractivity contribution >= 4 is 6.03 Å². The van der Waals surface area contributed by atoms with Crippen molar-refractivity contribution in [3.63, 3.8) is 0 Å². The maximum absolute atomic E-state index is 12.5. The van der Waals surface area contributed by atoms with Gasteiger partial charge in [-0.1, -0.05) is 30.3 Å². The van der Waals surface area contributed by atoms with Crippen LogP contribution in [0.25, 0.3) is 11.3 Å². The molecule has 0 bridgehead atoms. The smallest absolute Gasteiger partial charge is 0.319 e. The molecule has 2 aromatic rings. The molecule has 0 saturated carbocycles. The molecule has 2 aliphatic rings. The Kier molecular flexibility index (Phi) is 5.23. The van der Waals surface area contributed by atoms with Crippen LogP contribution in [0.3, 0.4) is 0 Å². The Balaban J connectivity index is 1.39. The molecule has 2 amide bonds. The van der Waals surface area contributed by atoms with E-state index in [2.05, 4.69) is 5.10 Å². The summed E-state index contributed by atoms with van der Waals surface area (Å²) in [6.07, 6.45) is 4.08. The molecular formula is C21H26N4O2. The van der Waals surface area contributed by atoms with E-state index in [-0.39, 0.29) is 11.6 Å². The number of piperidine rings is 1. The number of benzene rings is 1. The number of carbonyl (C=O) groups excluding carboxylic acids is 1. The van der Waals surface area contributed by atoms with Gasteiger partial charge in [0.2, 0.25) is 0 Å². The van der Waals surface area contributed by atoms with Gasteiger partial charge in [0.05, 0.1) is 5.69 Å². The van der Waals surface area contributed by atoms with Crippen molar-refractivity contribution in [2.75, 3.05) is 26.2 Å². The zero-order valence-corrected chi connectivity index (χ0v) is 15.6. The van der Waals surface area contributed by atoms with E-state index in [0.717, 1.165) is 63.1 Å². The van der Waals surface area contributed by atoms with Gasteiger partial charge >= 0.3 is 6.03 Å². The number of nitrogens with zero attached hydrogens (tertiary/aromatic N) is 4. The van der Waals surface area contributed by atoms with E-state index in [9.17, 15) is 9.59 Å². The van der Waals surface area contributed by atoms with Gasteiger partial charge in [0.1, 0.15) is 0 Å². The Morgan fingerprint density at radius 3 is 2.30 bits per heavy atom. The number of carbonyl (C=O) groups is 1. The highest BCUT2D eigenvalue weighted by Gasteiger charge is 2.28. The number of rotatable bonds is 3. The van der Waals surface area contributed by atoms with Crippen LogP contribution in [0.1, 0.15) is 25.7 Å². The quantitative estimate of drug-likeness (QED) is 0.839. The van der Waals surface area contributed by atoms with Crippen LogP contribution in [-0.4, -0.2) is 51.8 Å². The number of aromatic nitrogens is 2. The van der Waals surface area contributed by atoms with Gasteiger partial charge in [-0.25, -0.2) is 9.48 Å². The normalized spacial score (nSPS) is 18.1. The molecule has 2 fully saturated rings. The van der Waals surface area contributed by atoms with Crippen LogP contribution in [0.15, 0.2) is 47.3 Å². The van der Waals surface area contributed by atoms with Crippen molar-refractivity contribution in [2.24, 2.45) is 5.92 Å². The second kappa shape index (κ2) is 7.94. The first kappa shape index (κ1) is 17.8. The number of hydrogen-bond acceptors (Lipinski definition) is 3. The van der Waals surface area contributed by atoms with Crippen LogP contribution in [0.5, 0.6) is 0 Å². The van der Waals surface area contributed by atoms with E-state index in [4.69, 9.17) is 0 Å². The van der Waals surface area contributed by atoms with E-state index in [1.807, 2.05) is 40.1 Å². The molecule has 3 heterocycles. The molecule has 27 heavy (non-hydrogen) atoms. The minimum Gasteiger partial charge on any atom is -0.325 e. The van der Waals surface area contributed by atoms with Crippen LogP contribution >= 0.6 is 0 Å². The van der Waals surface area contributed by atoms with Gasteiger partial charge in [-0.05, 0) is 37.7 Å². The van der Waals surface area contributed by atoms with Gasteiger partial charge in [-0.2, -0.15) is 5.10 Å². The lowest BCUT2D eigenvalue weighted by atomic mass is 9.97. The molecule has 2 saturated heterocycles. The SMILES string of the molecule is O=C(N1CCCC1)N1CCC(Cn2nc(-c3ccccc3)ccc2=O)CC1. The average molecular weight is 366 g/mol. The third-order valence-corrected chi connectivity index (χ3v) is 5.63. The van der Waals surface area contributed by atoms with Crippen LogP contribution in [0.2, 0.25) is 0 Å². The van der Waals surface area contributed by atoms with Crippen LogP contribution in [0, 0.1) is 5.92 Å². The van der Waals surface area contributed by atoms with Gasteiger partial charge in [0.25, 0.3) is 5.56 Å². The van der Waals surface area contributed by atoms with Gasteiger partial charge < -0.3 is 9.80 Å². The van der Waals surface area contributed by atoms with Crippen molar-refractivity contribution in [2.45, 2.75) is 32.2 Å². The first-order valence-corrected chi connectivity index (χ1v) is 9.88. The standard InChI is InChI=1S/C21H26N4O2/c26-20-9-8-19(18-6-2-1-3-7-18)22-25(20)16-17-10-14-24(15-11-17)21(27)23-12-4-5-13-23/h1-3,6-9,17H,4-5,10-16H2. The Bertz CT molecular complexity index is 835. The Hall–Kier alpha value is -2.63. The lowest BCUT2D eigenvalue weighted by Crippen LogP contribution is -2.46. The molecule has 142 valence electrons. The molecule has 1 aromatic heterocycles. The summed E-state index contributed by atoms with van der Waals surface area (Å²) < 4.78 is 1.59. The zero-order valence-electron chi connectivity index (χ0n) is 15.6. The van der Waals surface area contributed by atoms with E-state index in [1.165, 1.54) is 0 Å².